The predicted octanol–water partition coefficient (Wildman–Crippen LogP) is 6.56. The SMILES string of the molecule is CCCCCCCCCCCC(=O)NC(=O)C(CCCCN)N(C(=O)CCCCC)C(=O)CCCCC. The van der Waals surface area contributed by atoms with Gasteiger partial charge in [-0.25, -0.2) is 0 Å². The van der Waals surface area contributed by atoms with Gasteiger partial charge in [-0.3, -0.25) is 29.4 Å². The molecular weight excluding hydrogens is 466 g/mol. The number of carbonyl (C=O) groups excluding carboxylic acids is 4. The van der Waals surface area contributed by atoms with E-state index in [1.807, 2.05) is 0 Å². The minimum Gasteiger partial charge on any atom is -0.330 e. The number of amides is 4. The summed E-state index contributed by atoms with van der Waals surface area (Å²) in [7, 11) is 0. The van der Waals surface area contributed by atoms with Crippen LogP contribution in [0.1, 0.15) is 156 Å². The molecule has 0 saturated carbocycles. The summed E-state index contributed by atoms with van der Waals surface area (Å²) in [4.78, 5) is 53.2. The van der Waals surface area contributed by atoms with Gasteiger partial charge in [0.25, 0.3) is 0 Å². The average molecular weight is 524 g/mol. The lowest BCUT2D eigenvalue weighted by atomic mass is 10.0. The zero-order valence-electron chi connectivity index (χ0n) is 24.3. The number of carbonyl (C=O) groups is 4. The fraction of sp³-hybridized carbons (Fsp3) is 0.867. The summed E-state index contributed by atoms with van der Waals surface area (Å²) < 4.78 is 0. The number of nitrogens with two attached hydrogens (primary N) is 1. The molecule has 0 heterocycles. The molecule has 1 atom stereocenters. The van der Waals surface area contributed by atoms with Crippen LogP contribution in [0.5, 0.6) is 0 Å². The monoisotopic (exact) mass is 523 g/mol. The number of imide groups is 2. The zero-order chi connectivity index (χ0) is 27.7. The highest BCUT2D eigenvalue weighted by Gasteiger charge is 2.34. The average Bonchev–Trinajstić information content (AvgIpc) is 2.87. The molecule has 0 bridgehead atoms. The molecule has 0 radical (unpaired) electrons. The number of unbranched alkanes of at least 4 members (excludes halogenated alkanes) is 13. The molecule has 7 heteroatoms. The van der Waals surface area contributed by atoms with E-state index in [2.05, 4.69) is 26.1 Å². The van der Waals surface area contributed by atoms with Crippen molar-refractivity contribution in [3.05, 3.63) is 0 Å². The molecule has 0 aromatic carbocycles. The maximum atomic E-state index is 13.2. The van der Waals surface area contributed by atoms with E-state index in [9.17, 15) is 19.2 Å². The van der Waals surface area contributed by atoms with Crippen LogP contribution in [-0.2, 0) is 19.2 Å². The summed E-state index contributed by atoms with van der Waals surface area (Å²) >= 11 is 0. The van der Waals surface area contributed by atoms with E-state index in [-0.39, 0.29) is 37.0 Å². The van der Waals surface area contributed by atoms with Crippen molar-refractivity contribution in [2.75, 3.05) is 6.54 Å². The molecule has 0 spiro atoms. The van der Waals surface area contributed by atoms with Crippen LogP contribution < -0.4 is 11.1 Å². The Labute approximate surface area is 227 Å². The summed E-state index contributed by atoms with van der Waals surface area (Å²) in [6, 6.07) is -0.957. The number of nitrogens with zero attached hydrogens (tertiary/aromatic N) is 1. The van der Waals surface area contributed by atoms with Crippen LogP contribution >= 0.6 is 0 Å². The Morgan fingerprint density at radius 3 is 1.51 bits per heavy atom. The van der Waals surface area contributed by atoms with Crippen molar-refractivity contribution in [1.29, 1.82) is 0 Å². The fourth-order valence-corrected chi connectivity index (χ4v) is 4.52. The first-order valence-corrected chi connectivity index (χ1v) is 15.3. The van der Waals surface area contributed by atoms with Gasteiger partial charge in [0.05, 0.1) is 0 Å². The molecule has 0 fully saturated rings. The first-order valence-electron chi connectivity index (χ1n) is 15.3. The summed E-state index contributed by atoms with van der Waals surface area (Å²) in [5, 5.41) is 2.50. The lowest BCUT2D eigenvalue weighted by Gasteiger charge is -2.29. The topological polar surface area (TPSA) is 110 Å². The quantitative estimate of drug-likeness (QED) is 0.139. The molecule has 3 N–H and O–H groups in total. The zero-order valence-corrected chi connectivity index (χ0v) is 24.3. The smallest absolute Gasteiger partial charge is 0.249 e. The normalized spacial score (nSPS) is 11.8. The van der Waals surface area contributed by atoms with Crippen molar-refractivity contribution >= 4 is 23.6 Å². The largest absolute Gasteiger partial charge is 0.330 e. The predicted molar refractivity (Wildman–Crippen MR) is 152 cm³/mol. The molecule has 216 valence electrons. The second kappa shape index (κ2) is 24.6. The fourth-order valence-electron chi connectivity index (χ4n) is 4.52. The van der Waals surface area contributed by atoms with Crippen molar-refractivity contribution in [3.8, 4) is 0 Å². The van der Waals surface area contributed by atoms with Gasteiger partial charge in [-0.05, 0) is 45.1 Å². The second-order valence-electron chi connectivity index (χ2n) is 10.4. The summed E-state index contributed by atoms with van der Waals surface area (Å²) in [6.45, 7) is 6.80. The van der Waals surface area contributed by atoms with Gasteiger partial charge in [0, 0.05) is 19.3 Å². The van der Waals surface area contributed by atoms with E-state index < -0.39 is 11.9 Å². The molecule has 7 nitrogen and oxygen atoms in total. The standard InChI is InChI=1S/C30H57N3O4/c1-4-7-10-11-12-13-14-15-18-22-27(34)32-30(37)26(21-19-20-25-31)33(28(35)23-16-8-5-2)29(36)24-17-9-6-3/h26H,4-25,31H2,1-3H3,(H,32,34,37). The minimum absolute atomic E-state index is 0.237. The lowest BCUT2D eigenvalue weighted by Crippen LogP contribution is -2.53. The molecule has 37 heavy (non-hydrogen) atoms. The third-order valence-corrected chi connectivity index (χ3v) is 6.84. The van der Waals surface area contributed by atoms with Crippen molar-refractivity contribution in [3.63, 3.8) is 0 Å². The number of rotatable bonds is 24. The van der Waals surface area contributed by atoms with E-state index in [1.54, 1.807) is 0 Å². The summed E-state index contributed by atoms with van der Waals surface area (Å²) in [5.74, 6) is -1.48. The molecule has 0 saturated heterocycles. The van der Waals surface area contributed by atoms with Crippen LogP contribution in [0, 0.1) is 0 Å². The lowest BCUT2D eigenvalue weighted by molar-refractivity contribution is -0.153. The van der Waals surface area contributed by atoms with Crippen molar-refractivity contribution in [1.82, 2.24) is 10.2 Å². The van der Waals surface area contributed by atoms with Crippen LogP contribution in [0.2, 0.25) is 0 Å². The molecule has 4 amide bonds. The first-order chi connectivity index (χ1) is 17.9. The molecule has 0 aromatic rings. The minimum atomic E-state index is -0.957. The Hall–Kier alpha value is -1.76. The molecule has 0 aliphatic carbocycles. The van der Waals surface area contributed by atoms with Crippen LogP contribution in [0.3, 0.4) is 0 Å². The Kier molecular flexibility index (Phi) is 23.4. The van der Waals surface area contributed by atoms with E-state index in [0.29, 0.717) is 38.6 Å². The van der Waals surface area contributed by atoms with Crippen molar-refractivity contribution in [2.45, 2.75) is 162 Å². The Morgan fingerprint density at radius 1 is 0.595 bits per heavy atom. The van der Waals surface area contributed by atoms with E-state index in [4.69, 9.17) is 5.73 Å². The molecule has 0 aliphatic rings. The highest BCUT2D eigenvalue weighted by Crippen LogP contribution is 2.17. The Bertz CT molecular complexity index is 602. The molecule has 0 aliphatic heterocycles. The van der Waals surface area contributed by atoms with Gasteiger partial charge in [-0.1, -0.05) is 97.8 Å². The number of hydrogen-bond donors (Lipinski definition) is 2. The van der Waals surface area contributed by atoms with Crippen molar-refractivity contribution < 1.29 is 19.2 Å². The van der Waals surface area contributed by atoms with Crippen LogP contribution in [-0.4, -0.2) is 41.1 Å². The molecule has 0 aromatic heterocycles. The van der Waals surface area contributed by atoms with Gasteiger partial charge in [0.1, 0.15) is 6.04 Å². The number of hydrogen-bond acceptors (Lipinski definition) is 5. The maximum Gasteiger partial charge on any atom is 0.249 e. The van der Waals surface area contributed by atoms with Crippen LogP contribution in [0.4, 0.5) is 0 Å². The Balaban J connectivity index is 5.05. The van der Waals surface area contributed by atoms with Gasteiger partial charge in [0.15, 0.2) is 0 Å². The molecular formula is C30H57N3O4. The van der Waals surface area contributed by atoms with Crippen molar-refractivity contribution in [2.24, 2.45) is 5.73 Å². The second-order valence-corrected chi connectivity index (χ2v) is 10.4. The van der Waals surface area contributed by atoms with Gasteiger partial charge in [-0.15, -0.1) is 0 Å². The maximum absolute atomic E-state index is 13.2. The van der Waals surface area contributed by atoms with E-state index in [1.165, 1.54) is 43.4 Å². The van der Waals surface area contributed by atoms with Crippen LogP contribution in [0.15, 0.2) is 0 Å². The molecule has 0 rings (SSSR count). The van der Waals surface area contributed by atoms with Gasteiger partial charge < -0.3 is 5.73 Å². The first kappa shape index (κ1) is 35.2. The van der Waals surface area contributed by atoms with Gasteiger partial charge in [-0.2, -0.15) is 0 Å². The van der Waals surface area contributed by atoms with E-state index in [0.717, 1.165) is 44.9 Å². The third kappa shape index (κ3) is 18.2. The summed E-state index contributed by atoms with van der Waals surface area (Å²) in [5.41, 5.74) is 5.65. The highest BCUT2D eigenvalue weighted by molar-refractivity contribution is 6.04. The van der Waals surface area contributed by atoms with Gasteiger partial charge in [0.2, 0.25) is 23.6 Å². The van der Waals surface area contributed by atoms with Gasteiger partial charge >= 0.3 is 0 Å². The third-order valence-electron chi connectivity index (χ3n) is 6.84. The highest BCUT2D eigenvalue weighted by atomic mass is 16.2. The van der Waals surface area contributed by atoms with Crippen LogP contribution in [0.25, 0.3) is 0 Å². The Morgan fingerprint density at radius 2 is 1.03 bits per heavy atom. The molecule has 1 unspecified atom stereocenters. The summed E-state index contributed by atoms with van der Waals surface area (Å²) in [6.07, 6.45) is 17.8. The number of nitrogens with one attached hydrogen (secondary N) is 1. The van der Waals surface area contributed by atoms with E-state index >= 15 is 0 Å².